The molecule has 0 unspecified atom stereocenters. The Balaban J connectivity index is 1.53. The number of ether oxygens (including phenoxy) is 1. The summed E-state index contributed by atoms with van der Waals surface area (Å²) in [5.41, 5.74) is 3.07. The number of thioether (sulfide) groups is 1. The fraction of sp³-hybridized carbons (Fsp3) is 0.115. The van der Waals surface area contributed by atoms with Crippen LogP contribution in [0.25, 0.3) is 27.8 Å². The number of hydrogen-bond donors (Lipinski definition) is 0. The molecule has 1 saturated heterocycles. The van der Waals surface area contributed by atoms with E-state index in [9.17, 15) is 14.4 Å². The molecule has 164 valence electrons. The maximum Gasteiger partial charge on any atom is 0.325 e. The molecule has 7 heteroatoms. The van der Waals surface area contributed by atoms with Crippen LogP contribution in [0.5, 0.6) is 0 Å². The van der Waals surface area contributed by atoms with Crippen LogP contribution in [-0.2, 0) is 20.9 Å². The normalized spacial score (nSPS) is 15.2. The van der Waals surface area contributed by atoms with Gasteiger partial charge in [-0.2, -0.15) is 0 Å². The highest BCUT2D eigenvalue weighted by Crippen LogP contribution is 2.34. The first-order chi connectivity index (χ1) is 16.0. The molecule has 1 aliphatic heterocycles. The molecule has 5 rings (SSSR count). The summed E-state index contributed by atoms with van der Waals surface area (Å²) in [7, 11) is 1.22. The minimum atomic E-state index is -0.634. The molecule has 3 aromatic carbocycles. The van der Waals surface area contributed by atoms with E-state index in [1.807, 2.05) is 42.6 Å². The van der Waals surface area contributed by atoms with Gasteiger partial charge in [0.1, 0.15) is 6.54 Å². The molecule has 0 radical (unpaired) electrons. The highest BCUT2D eigenvalue weighted by molar-refractivity contribution is 8.18. The number of methoxy groups -OCH3 is 1. The molecule has 1 fully saturated rings. The average Bonchev–Trinajstić information content (AvgIpc) is 3.31. The van der Waals surface area contributed by atoms with Gasteiger partial charge in [0.05, 0.1) is 12.0 Å². The third-order valence-corrected chi connectivity index (χ3v) is 6.62. The highest BCUT2D eigenvalue weighted by Gasteiger charge is 2.36. The number of hydrogen-bond acceptors (Lipinski definition) is 5. The van der Waals surface area contributed by atoms with E-state index in [2.05, 4.69) is 39.6 Å². The van der Waals surface area contributed by atoms with E-state index in [1.54, 1.807) is 6.08 Å². The van der Waals surface area contributed by atoms with Crippen LogP contribution < -0.4 is 0 Å². The average molecular weight is 457 g/mol. The quantitative estimate of drug-likeness (QED) is 0.310. The molecule has 6 nitrogen and oxygen atoms in total. The second-order valence-electron chi connectivity index (χ2n) is 7.71. The molecule has 0 spiro atoms. The Bertz CT molecular complexity index is 1450. The summed E-state index contributed by atoms with van der Waals surface area (Å²) in [5.74, 6) is -1.12. The lowest BCUT2D eigenvalue weighted by molar-refractivity contribution is -0.143. The first kappa shape index (κ1) is 21.0. The summed E-state index contributed by atoms with van der Waals surface area (Å²) in [6.45, 7) is 0.279. The van der Waals surface area contributed by atoms with Gasteiger partial charge in [0.15, 0.2) is 0 Å². The smallest absolute Gasteiger partial charge is 0.325 e. The molecule has 0 N–H and O–H groups in total. The van der Waals surface area contributed by atoms with Crippen molar-refractivity contribution in [3.05, 3.63) is 89.0 Å². The molecule has 1 aromatic heterocycles. The van der Waals surface area contributed by atoms with Gasteiger partial charge in [-0.05, 0) is 40.2 Å². The SMILES string of the molecule is COC(=O)CN1C(=O)S/C(=C\c2cn(Cc3cccc4ccccc34)c3ccccc23)C1=O. The van der Waals surface area contributed by atoms with Gasteiger partial charge >= 0.3 is 5.97 Å². The zero-order chi connectivity index (χ0) is 22.9. The summed E-state index contributed by atoms with van der Waals surface area (Å²) in [4.78, 5) is 37.8. The van der Waals surface area contributed by atoms with Gasteiger partial charge in [-0.15, -0.1) is 0 Å². The lowest BCUT2D eigenvalue weighted by Gasteiger charge is -2.09. The van der Waals surface area contributed by atoms with E-state index in [0.717, 1.165) is 33.1 Å². The van der Waals surface area contributed by atoms with Crippen LogP contribution in [0.2, 0.25) is 0 Å². The zero-order valence-corrected chi connectivity index (χ0v) is 18.7. The molecule has 0 atom stereocenters. The van der Waals surface area contributed by atoms with Gasteiger partial charge < -0.3 is 9.30 Å². The Morgan fingerprint density at radius 3 is 2.52 bits per heavy atom. The number of nitrogens with zero attached hydrogens (tertiary/aromatic N) is 2. The van der Waals surface area contributed by atoms with Gasteiger partial charge in [-0.1, -0.05) is 60.7 Å². The number of para-hydroxylation sites is 1. The van der Waals surface area contributed by atoms with E-state index >= 15 is 0 Å². The first-order valence-corrected chi connectivity index (χ1v) is 11.2. The Hall–Kier alpha value is -3.84. The summed E-state index contributed by atoms with van der Waals surface area (Å²) >= 11 is 0.834. The Labute approximate surface area is 194 Å². The molecule has 4 aromatic rings. The molecule has 33 heavy (non-hydrogen) atoms. The van der Waals surface area contributed by atoms with E-state index < -0.39 is 17.1 Å². The van der Waals surface area contributed by atoms with Crippen molar-refractivity contribution in [3.8, 4) is 0 Å². The first-order valence-electron chi connectivity index (χ1n) is 10.4. The van der Waals surface area contributed by atoms with Crippen molar-refractivity contribution in [1.82, 2.24) is 9.47 Å². The highest BCUT2D eigenvalue weighted by atomic mass is 32.2. The van der Waals surface area contributed by atoms with Gasteiger partial charge in [0, 0.05) is 29.2 Å². The third kappa shape index (κ3) is 3.91. The standard InChI is InChI=1S/C26H20N2O4S/c1-32-24(29)16-28-25(30)23(33-26(28)31)13-19-15-27(22-12-5-4-11-21(19)22)14-18-9-6-8-17-7-2-3-10-20(17)18/h2-13,15H,14,16H2,1H3/b23-13-. The molecule has 2 heterocycles. The van der Waals surface area contributed by atoms with E-state index in [1.165, 1.54) is 23.4 Å². The van der Waals surface area contributed by atoms with Gasteiger partial charge in [0.2, 0.25) is 0 Å². The second kappa shape index (κ2) is 8.60. The largest absolute Gasteiger partial charge is 0.468 e. The second-order valence-corrected chi connectivity index (χ2v) is 8.70. The van der Waals surface area contributed by atoms with Crippen molar-refractivity contribution in [2.45, 2.75) is 6.54 Å². The fourth-order valence-corrected chi connectivity index (χ4v) is 4.94. The van der Waals surface area contributed by atoms with Crippen LogP contribution in [0.1, 0.15) is 11.1 Å². The predicted molar refractivity (Wildman–Crippen MR) is 130 cm³/mol. The number of rotatable bonds is 5. The lowest BCUT2D eigenvalue weighted by Crippen LogP contribution is -2.34. The van der Waals surface area contributed by atoms with Gasteiger partial charge in [-0.3, -0.25) is 19.3 Å². The van der Waals surface area contributed by atoms with E-state index in [0.29, 0.717) is 6.54 Å². The number of carbonyl (C=O) groups is 3. The minimum absolute atomic E-state index is 0.289. The van der Waals surface area contributed by atoms with Crippen molar-refractivity contribution in [2.75, 3.05) is 13.7 Å². The number of imide groups is 1. The summed E-state index contributed by atoms with van der Waals surface area (Å²) in [6.07, 6.45) is 3.73. The van der Waals surface area contributed by atoms with Gasteiger partial charge in [-0.25, -0.2) is 0 Å². The Kier molecular flexibility index (Phi) is 5.48. The van der Waals surface area contributed by atoms with Crippen molar-refractivity contribution >= 4 is 56.6 Å². The Morgan fingerprint density at radius 1 is 0.970 bits per heavy atom. The fourth-order valence-electron chi connectivity index (χ4n) is 4.11. The number of fused-ring (bicyclic) bond motifs is 2. The van der Waals surface area contributed by atoms with Crippen LogP contribution in [0.4, 0.5) is 4.79 Å². The van der Waals surface area contributed by atoms with E-state index in [4.69, 9.17) is 0 Å². The maximum atomic E-state index is 12.8. The molecule has 1 aliphatic rings. The molecule has 0 saturated carbocycles. The number of amides is 2. The lowest BCUT2D eigenvalue weighted by atomic mass is 10.0. The summed E-state index contributed by atoms with van der Waals surface area (Å²) in [5, 5.41) is 2.89. The molecular formula is C26H20N2O4S. The van der Waals surface area contributed by atoms with Crippen LogP contribution in [-0.4, -0.2) is 40.2 Å². The molecule has 0 aliphatic carbocycles. The zero-order valence-electron chi connectivity index (χ0n) is 17.9. The van der Waals surface area contributed by atoms with Crippen LogP contribution in [0, 0.1) is 0 Å². The van der Waals surface area contributed by atoms with Crippen LogP contribution in [0.15, 0.2) is 77.8 Å². The molecule has 2 amide bonds. The third-order valence-electron chi connectivity index (χ3n) is 5.72. The van der Waals surface area contributed by atoms with Crippen molar-refractivity contribution in [1.29, 1.82) is 0 Å². The predicted octanol–water partition coefficient (Wildman–Crippen LogP) is 5.05. The number of carbonyl (C=O) groups excluding carboxylic acids is 3. The maximum absolute atomic E-state index is 12.8. The monoisotopic (exact) mass is 456 g/mol. The van der Waals surface area contributed by atoms with Crippen molar-refractivity contribution < 1.29 is 19.1 Å². The van der Waals surface area contributed by atoms with Gasteiger partial charge in [0.25, 0.3) is 11.1 Å². The summed E-state index contributed by atoms with van der Waals surface area (Å²) < 4.78 is 6.75. The summed E-state index contributed by atoms with van der Waals surface area (Å²) in [6, 6.07) is 22.5. The molecular weight excluding hydrogens is 436 g/mol. The van der Waals surface area contributed by atoms with Crippen molar-refractivity contribution in [3.63, 3.8) is 0 Å². The number of esters is 1. The molecule has 0 bridgehead atoms. The number of aromatic nitrogens is 1. The topological polar surface area (TPSA) is 68.6 Å². The van der Waals surface area contributed by atoms with Crippen LogP contribution in [0.3, 0.4) is 0 Å². The van der Waals surface area contributed by atoms with Crippen molar-refractivity contribution in [2.24, 2.45) is 0 Å². The number of benzene rings is 3. The Morgan fingerprint density at radius 2 is 1.70 bits per heavy atom. The minimum Gasteiger partial charge on any atom is -0.468 e. The van der Waals surface area contributed by atoms with E-state index in [-0.39, 0.29) is 11.4 Å². The van der Waals surface area contributed by atoms with Crippen LogP contribution >= 0.6 is 11.8 Å².